The van der Waals surface area contributed by atoms with E-state index in [0.717, 1.165) is 22.6 Å². The van der Waals surface area contributed by atoms with Gasteiger partial charge in [-0.05, 0) is 17.0 Å². The molecule has 0 saturated carbocycles. The van der Waals surface area contributed by atoms with Crippen molar-refractivity contribution in [2.75, 3.05) is 5.32 Å². The summed E-state index contributed by atoms with van der Waals surface area (Å²) in [7, 11) is 0. The number of benzene rings is 2. The van der Waals surface area contributed by atoms with Crippen molar-refractivity contribution < 1.29 is 4.79 Å². The van der Waals surface area contributed by atoms with Crippen molar-refractivity contribution in [1.82, 2.24) is 10.2 Å². The summed E-state index contributed by atoms with van der Waals surface area (Å²) in [4.78, 5) is 13.0. The summed E-state index contributed by atoms with van der Waals surface area (Å²) in [5, 5.41) is 12.7. The van der Waals surface area contributed by atoms with Crippen LogP contribution in [0, 0.1) is 5.92 Å². The normalized spacial score (nSPS) is 11.0. The van der Waals surface area contributed by atoms with Crippen LogP contribution in [0.25, 0.3) is 0 Å². The number of anilines is 1. The average molecular weight is 351 g/mol. The van der Waals surface area contributed by atoms with Crippen LogP contribution in [0.15, 0.2) is 60.7 Å². The summed E-state index contributed by atoms with van der Waals surface area (Å²) in [6, 6.07) is 19.6. The van der Waals surface area contributed by atoms with Gasteiger partial charge in [0.15, 0.2) is 0 Å². The maximum Gasteiger partial charge on any atom is 0.238 e. The molecule has 25 heavy (non-hydrogen) atoms. The summed E-state index contributed by atoms with van der Waals surface area (Å²) in [5.41, 5.74) is 1.91. The lowest BCUT2D eigenvalue weighted by Gasteiger charge is -2.16. The van der Waals surface area contributed by atoms with Gasteiger partial charge < -0.3 is 0 Å². The molecule has 0 spiro atoms. The molecule has 5 heteroatoms. The fourth-order valence-electron chi connectivity index (χ4n) is 2.70. The zero-order valence-corrected chi connectivity index (χ0v) is 15.2. The SMILES string of the molecule is CC(C)Cc1nnc(NC(=O)C(c2ccccc2)c2ccccc2)s1. The third-order valence-electron chi connectivity index (χ3n) is 3.81. The average Bonchev–Trinajstić information content (AvgIpc) is 3.03. The van der Waals surface area contributed by atoms with Gasteiger partial charge in [-0.3, -0.25) is 10.1 Å². The highest BCUT2D eigenvalue weighted by Crippen LogP contribution is 2.27. The number of carbonyl (C=O) groups excluding carboxylic acids is 1. The standard InChI is InChI=1S/C20H21N3OS/c1-14(2)13-17-22-23-20(25-17)21-19(24)18(15-9-5-3-6-10-15)16-11-7-4-8-12-16/h3-12,14,18H,13H2,1-2H3,(H,21,23,24). The fraction of sp³-hybridized carbons (Fsp3) is 0.250. The molecule has 3 aromatic rings. The maximum atomic E-state index is 13.0. The highest BCUT2D eigenvalue weighted by Gasteiger charge is 2.23. The molecule has 0 fully saturated rings. The maximum absolute atomic E-state index is 13.0. The topological polar surface area (TPSA) is 54.9 Å². The molecule has 0 atom stereocenters. The third-order valence-corrected chi connectivity index (χ3v) is 4.67. The quantitative estimate of drug-likeness (QED) is 0.711. The molecule has 0 aliphatic heterocycles. The minimum atomic E-state index is -0.375. The van der Waals surface area contributed by atoms with E-state index in [-0.39, 0.29) is 11.8 Å². The Labute approximate surface area is 151 Å². The molecule has 1 N–H and O–H groups in total. The molecule has 0 aliphatic carbocycles. The predicted molar refractivity (Wildman–Crippen MR) is 102 cm³/mol. The van der Waals surface area contributed by atoms with E-state index in [1.807, 2.05) is 60.7 Å². The van der Waals surface area contributed by atoms with Crippen molar-refractivity contribution >= 4 is 22.4 Å². The Hall–Kier alpha value is -2.53. The lowest BCUT2D eigenvalue weighted by atomic mass is 9.90. The second kappa shape index (κ2) is 8.03. The highest BCUT2D eigenvalue weighted by molar-refractivity contribution is 7.15. The van der Waals surface area contributed by atoms with E-state index in [1.54, 1.807) is 0 Å². The van der Waals surface area contributed by atoms with Gasteiger partial charge in [0.25, 0.3) is 0 Å². The zero-order valence-electron chi connectivity index (χ0n) is 14.3. The number of carbonyl (C=O) groups is 1. The van der Waals surface area contributed by atoms with Gasteiger partial charge in [-0.25, -0.2) is 0 Å². The van der Waals surface area contributed by atoms with Crippen LogP contribution in [0.2, 0.25) is 0 Å². The predicted octanol–water partition coefficient (Wildman–Crippen LogP) is 4.51. The van der Waals surface area contributed by atoms with Crippen LogP contribution in [-0.4, -0.2) is 16.1 Å². The number of hydrogen-bond acceptors (Lipinski definition) is 4. The molecule has 0 unspecified atom stereocenters. The zero-order chi connectivity index (χ0) is 17.6. The number of nitrogens with one attached hydrogen (secondary N) is 1. The van der Waals surface area contributed by atoms with Crippen LogP contribution in [0.4, 0.5) is 5.13 Å². The summed E-state index contributed by atoms with van der Waals surface area (Å²) < 4.78 is 0. The Bertz CT molecular complexity index is 776. The Kier molecular flexibility index (Phi) is 5.56. The molecule has 0 saturated heterocycles. The number of nitrogens with zero attached hydrogens (tertiary/aromatic N) is 2. The molecular formula is C20H21N3OS. The van der Waals surface area contributed by atoms with Gasteiger partial charge in [0.2, 0.25) is 11.0 Å². The highest BCUT2D eigenvalue weighted by atomic mass is 32.1. The first kappa shape index (κ1) is 17.3. The van der Waals surface area contributed by atoms with E-state index >= 15 is 0 Å². The molecule has 128 valence electrons. The van der Waals surface area contributed by atoms with Gasteiger partial charge in [-0.2, -0.15) is 0 Å². The number of rotatable bonds is 6. The van der Waals surface area contributed by atoms with E-state index in [4.69, 9.17) is 0 Å². The van der Waals surface area contributed by atoms with E-state index in [2.05, 4.69) is 29.4 Å². The molecule has 1 aromatic heterocycles. The fourth-order valence-corrected chi connectivity index (χ4v) is 3.65. The van der Waals surface area contributed by atoms with Crippen LogP contribution < -0.4 is 5.32 Å². The number of aromatic nitrogens is 2. The molecular weight excluding hydrogens is 330 g/mol. The Morgan fingerprint density at radius 2 is 1.52 bits per heavy atom. The lowest BCUT2D eigenvalue weighted by Crippen LogP contribution is -2.22. The molecule has 4 nitrogen and oxygen atoms in total. The molecule has 0 bridgehead atoms. The van der Waals surface area contributed by atoms with E-state index < -0.39 is 0 Å². The first-order valence-electron chi connectivity index (χ1n) is 8.36. The van der Waals surface area contributed by atoms with Gasteiger partial charge in [0, 0.05) is 6.42 Å². The molecule has 0 aliphatic rings. The Morgan fingerprint density at radius 3 is 2.04 bits per heavy atom. The molecule has 2 aromatic carbocycles. The summed E-state index contributed by atoms with van der Waals surface area (Å²) in [6.07, 6.45) is 0.869. The summed E-state index contributed by atoms with van der Waals surface area (Å²) in [6.45, 7) is 4.28. The molecule has 1 amide bonds. The number of hydrogen-bond donors (Lipinski definition) is 1. The largest absolute Gasteiger partial charge is 0.300 e. The molecule has 1 heterocycles. The van der Waals surface area contributed by atoms with Crippen LogP contribution in [-0.2, 0) is 11.2 Å². The minimum Gasteiger partial charge on any atom is -0.300 e. The molecule has 0 radical (unpaired) electrons. The van der Waals surface area contributed by atoms with Crippen molar-refractivity contribution in [2.24, 2.45) is 5.92 Å². The van der Waals surface area contributed by atoms with Gasteiger partial charge in [-0.1, -0.05) is 85.8 Å². The van der Waals surface area contributed by atoms with Gasteiger partial charge in [0.05, 0.1) is 5.92 Å². The summed E-state index contributed by atoms with van der Waals surface area (Å²) >= 11 is 1.44. The van der Waals surface area contributed by atoms with Crippen LogP contribution >= 0.6 is 11.3 Å². The monoisotopic (exact) mass is 351 g/mol. The van der Waals surface area contributed by atoms with Crippen LogP contribution in [0.5, 0.6) is 0 Å². The second-order valence-corrected chi connectivity index (χ2v) is 7.40. The Morgan fingerprint density at radius 1 is 0.960 bits per heavy atom. The minimum absolute atomic E-state index is 0.0929. The third kappa shape index (κ3) is 4.51. The first-order chi connectivity index (χ1) is 12.1. The van der Waals surface area contributed by atoms with Crippen molar-refractivity contribution in [1.29, 1.82) is 0 Å². The molecule has 3 rings (SSSR count). The van der Waals surface area contributed by atoms with Gasteiger partial charge in [-0.15, -0.1) is 10.2 Å². The first-order valence-corrected chi connectivity index (χ1v) is 9.18. The van der Waals surface area contributed by atoms with Crippen molar-refractivity contribution in [2.45, 2.75) is 26.2 Å². The number of amides is 1. The van der Waals surface area contributed by atoms with Crippen molar-refractivity contribution in [3.63, 3.8) is 0 Å². The van der Waals surface area contributed by atoms with Crippen LogP contribution in [0.1, 0.15) is 35.9 Å². The van der Waals surface area contributed by atoms with Crippen LogP contribution in [0.3, 0.4) is 0 Å². The lowest BCUT2D eigenvalue weighted by molar-refractivity contribution is -0.116. The van der Waals surface area contributed by atoms with Crippen molar-refractivity contribution in [3.8, 4) is 0 Å². The second-order valence-electron chi connectivity index (χ2n) is 6.34. The van der Waals surface area contributed by atoms with Gasteiger partial charge >= 0.3 is 0 Å². The van der Waals surface area contributed by atoms with Crippen molar-refractivity contribution in [3.05, 3.63) is 76.8 Å². The smallest absolute Gasteiger partial charge is 0.238 e. The van der Waals surface area contributed by atoms with E-state index in [1.165, 1.54) is 11.3 Å². The van der Waals surface area contributed by atoms with E-state index in [0.29, 0.717) is 11.0 Å². The van der Waals surface area contributed by atoms with E-state index in [9.17, 15) is 4.79 Å². The van der Waals surface area contributed by atoms with Gasteiger partial charge in [0.1, 0.15) is 5.01 Å². The Balaban J connectivity index is 1.84. The summed E-state index contributed by atoms with van der Waals surface area (Å²) in [5.74, 6) is 0.0439.